The van der Waals surface area contributed by atoms with Crippen LogP contribution in [0.5, 0.6) is 5.75 Å². The summed E-state index contributed by atoms with van der Waals surface area (Å²) < 4.78 is 12.7. The van der Waals surface area contributed by atoms with Crippen molar-refractivity contribution >= 4 is 22.9 Å². The van der Waals surface area contributed by atoms with E-state index in [1.807, 2.05) is 41.8 Å². The molecule has 1 unspecified atom stereocenters. The Morgan fingerprint density at radius 3 is 2.66 bits per heavy atom. The van der Waals surface area contributed by atoms with Crippen molar-refractivity contribution in [1.29, 1.82) is 0 Å². The molecule has 32 heavy (non-hydrogen) atoms. The van der Waals surface area contributed by atoms with Gasteiger partial charge in [0.25, 0.3) is 5.91 Å². The SMILES string of the molecule is COc1ccc(CN2C(=O)c3cc4occc4n3CC2(C)C(=O)NC2CCCCC2)cc1. The number of ether oxygens (including phenoxy) is 1. The van der Waals surface area contributed by atoms with Crippen LogP contribution in [0.4, 0.5) is 0 Å². The summed E-state index contributed by atoms with van der Waals surface area (Å²) in [5.74, 6) is 0.493. The van der Waals surface area contributed by atoms with E-state index in [1.165, 1.54) is 6.42 Å². The monoisotopic (exact) mass is 435 g/mol. The van der Waals surface area contributed by atoms with Crippen LogP contribution in [-0.2, 0) is 17.9 Å². The molecule has 1 fully saturated rings. The number of methoxy groups -OCH3 is 1. The van der Waals surface area contributed by atoms with Crippen LogP contribution in [0.25, 0.3) is 11.1 Å². The number of nitrogens with one attached hydrogen (secondary N) is 1. The predicted molar refractivity (Wildman–Crippen MR) is 120 cm³/mol. The molecule has 0 saturated heterocycles. The zero-order valence-electron chi connectivity index (χ0n) is 18.6. The number of hydrogen-bond donors (Lipinski definition) is 1. The molecule has 1 aromatic carbocycles. The van der Waals surface area contributed by atoms with Gasteiger partial charge in [0.2, 0.25) is 5.91 Å². The first-order valence-corrected chi connectivity index (χ1v) is 11.3. The highest BCUT2D eigenvalue weighted by Gasteiger charge is 2.48. The van der Waals surface area contributed by atoms with Gasteiger partial charge < -0.3 is 23.9 Å². The molecule has 7 heteroatoms. The highest BCUT2D eigenvalue weighted by Crippen LogP contribution is 2.34. The van der Waals surface area contributed by atoms with Gasteiger partial charge in [-0.05, 0) is 37.5 Å². The molecule has 2 amide bonds. The third kappa shape index (κ3) is 3.45. The number of rotatable bonds is 5. The molecule has 5 rings (SSSR count). The first-order valence-electron chi connectivity index (χ1n) is 11.3. The molecule has 1 atom stereocenters. The molecular formula is C25H29N3O4. The Labute approximate surface area is 187 Å². The number of nitrogens with zero attached hydrogens (tertiary/aromatic N) is 2. The quantitative estimate of drug-likeness (QED) is 0.654. The maximum Gasteiger partial charge on any atom is 0.271 e. The van der Waals surface area contributed by atoms with Crippen molar-refractivity contribution in [2.75, 3.05) is 7.11 Å². The average Bonchev–Trinajstić information content (AvgIpc) is 3.40. The van der Waals surface area contributed by atoms with Crippen LogP contribution in [0.15, 0.2) is 47.1 Å². The van der Waals surface area contributed by atoms with E-state index in [1.54, 1.807) is 24.3 Å². The fraction of sp³-hybridized carbons (Fsp3) is 0.440. The Kier molecular flexibility index (Phi) is 5.19. The molecule has 2 aromatic heterocycles. The zero-order valence-corrected chi connectivity index (χ0v) is 18.6. The van der Waals surface area contributed by atoms with Crippen molar-refractivity contribution in [2.45, 2.75) is 63.7 Å². The first-order chi connectivity index (χ1) is 15.5. The third-order valence-electron chi connectivity index (χ3n) is 6.98. The number of hydrogen-bond acceptors (Lipinski definition) is 4. The number of carbonyl (C=O) groups excluding carboxylic acids is 2. The molecule has 0 radical (unpaired) electrons. The second-order valence-electron chi connectivity index (χ2n) is 9.11. The highest BCUT2D eigenvalue weighted by atomic mass is 16.5. The van der Waals surface area contributed by atoms with E-state index in [-0.39, 0.29) is 17.9 Å². The van der Waals surface area contributed by atoms with Gasteiger partial charge in [-0.25, -0.2) is 0 Å². The molecule has 2 aliphatic rings. The molecule has 168 valence electrons. The van der Waals surface area contributed by atoms with Gasteiger partial charge in [0, 0.05) is 24.7 Å². The lowest BCUT2D eigenvalue weighted by Crippen LogP contribution is -2.64. The Hall–Kier alpha value is -3.22. The topological polar surface area (TPSA) is 76.7 Å². The number of furan rings is 1. The molecule has 0 bridgehead atoms. The van der Waals surface area contributed by atoms with E-state index in [0.717, 1.165) is 42.5 Å². The number of amides is 2. The Bertz CT molecular complexity index is 1140. The fourth-order valence-electron chi connectivity index (χ4n) is 5.02. The van der Waals surface area contributed by atoms with Gasteiger partial charge in [0.1, 0.15) is 17.0 Å². The fourth-order valence-corrected chi connectivity index (χ4v) is 5.02. The van der Waals surface area contributed by atoms with Crippen molar-refractivity contribution in [2.24, 2.45) is 0 Å². The standard InChI is InChI=1S/C25H29N3O4/c1-25(24(30)26-18-6-4-3-5-7-18)16-27-20-12-13-32-22(20)14-21(27)23(29)28(25)15-17-8-10-19(31-2)11-9-17/h8-14,18H,3-7,15-16H2,1-2H3,(H,26,30). The molecule has 1 N–H and O–H groups in total. The van der Waals surface area contributed by atoms with Crippen LogP contribution in [0.1, 0.15) is 55.1 Å². The minimum Gasteiger partial charge on any atom is -0.497 e. The molecular weight excluding hydrogens is 406 g/mol. The smallest absolute Gasteiger partial charge is 0.271 e. The first kappa shape index (κ1) is 20.7. The van der Waals surface area contributed by atoms with E-state index in [2.05, 4.69) is 5.32 Å². The van der Waals surface area contributed by atoms with Crippen molar-refractivity contribution in [1.82, 2.24) is 14.8 Å². The molecule has 7 nitrogen and oxygen atoms in total. The van der Waals surface area contributed by atoms with Crippen LogP contribution >= 0.6 is 0 Å². The summed E-state index contributed by atoms with van der Waals surface area (Å²) in [7, 11) is 1.62. The van der Waals surface area contributed by atoms with E-state index in [9.17, 15) is 9.59 Å². The summed E-state index contributed by atoms with van der Waals surface area (Å²) in [5, 5.41) is 3.26. The van der Waals surface area contributed by atoms with Crippen LogP contribution in [-0.4, -0.2) is 40.0 Å². The van der Waals surface area contributed by atoms with Crippen LogP contribution < -0.4 is 10.1 Å². The predicted octanol–water partition coefficient (Wildman–Crippen LogP) is 4.11. The van der Waals surface area contributed by atoms with E-state index >= 15 is 0 Å². The minimum absolute atomic E-state index is 0.0951. The maximum atomic E-state index is 13.7. The largest absolute Gasteiger partial charge is 0.497 e. The Balaban J connectivity index is 1.51. The Morgan fingerprint density at radius 2 is 1.94 bits per heavy atom. The second kappa shape index (κ2) is 8.04. The lowest BCUT2D eigenvalue weighted by atomic mass is 9.91. The van der Waals surface area contributed by atoms with Crippen molar-refractivity contribution in [3.63, 3.8) is 0 Å². The molecule has 1 aliphatic heterocycles. The van der Waals surface area contributed by atoms with Gasteiger partial charge in [0.05, 0.1) is 25.4 Å². The van der Waals surface area contributed by atoms with E-state index in [0.29, 0.717) is 24.4 Å². The molecule has 3 heterocycles. The third-order valence-corrected chi connectivity index (χ3v) is 6.98. The Morgan fingerprint density at radius 1 is 1.19 bits per heavy atom. The van der Waals surface area contributed by atoms with Crippen molar-refractivity contribution in [3.8, 4) is 5.75 Å². The lowest BCUT2D eigenvalue weighted by molar-refractivity contribution is -0.134. The summed E-state index contributed by atoms with van der Waals surface area (Å²) in [6, 6.07) is 11.4. The van der Waals surface area contributed by atoms with Crippen molar-refractivity contribution in [3.05, 3.63) is 53.9 Å². The summed E-state index contributed by atoms with van der Waals surface area (Å²) in [5.41, 5.74) is 1.98. The average molecular weight is 436 g/mol. The van der Waals surface area contributed by atoms with Gasteiger partial charge in [-0.2, -0.15) is 0 Å². The molecule has 1 saturated carbocycles. The van der Waals surface area contributed by atoms with Gasteiger partial charge >= 0.3 is 0 Å². The van der Waals surface area contributed by atoms with E-state index in [4.69, 9.17) is 9.15 Å². The summed E-state index contributed by atoms with van der Waals surface area (Å²) in [4.78, 5) is 29.1. The van der Waals surface area contributed by atoms with Gasteiger partial charge in [0.15, 0.2) is 5.58 Å². The number of fused-ring (bicyclic) bond motifs is 3. The van der Waals surface area contributed by atoms with Gasteiger partial charge in [-0.15, -0.1) is 0 Å². The molecule has 1 aliphatic carbocycles. The summed E-state index contributed by atoms with van der Waals surface area (Å²) in [6.45, 7) is 2.59. The van der Waals surface area contributed by atoms with Crippen LogP contribution in [0.2, 0.25) is 0 Å². The number of aromatic nitrogens is 1. The maximum absolute atomic E-state index is 13.7. The minimum atomic E-state index is -1.02. The number of carbonyl (C=O) groups is 2. The molecule has 0 spiro atoms. The van der Waals surface area contributed by atoms with Crippen LogP contribution in [0.3, 0.4) is 0 Å². The number of benzene rings is 1. The normalized spacial score (nSPS) is 21.6. The van der Waals surface area contributed by atoms with Crippen LogP contribution in [0, 0.1) is 0 Å². The zero-order chi connectivity index (χ0) is 22.3. The highest BCUT2D eigenvalue weighted by molar-refractivity contribution is 6.02. The van der Waals surface area contributed by atoms with Gasteiger partial charge in [-0.1, -0.05) is 31.4 Å². The van der Waals surface area contributed by atoms with E-state index < -0.39 is 5.54 Å². The summed E-state index contributed by atoms with van der Waals surface area (Å²) in [6.07, 6.45) is 7.09. The molecule has 3 aromatic rings. The van der Waals surface area contributed by atoms with Crippen molar-refractivity contribution < 1.29 is 18.7 Å². The second-order valence-corrected chi connectivity index (χ2v) is 9.11. The summed E-state index contributed by atoms with van der Waals surface area (Å²) >= 11 is 0. The van der Waals surface area contributed by atoms with Gasteiger partial charge in [-0.3, -0.25) is 9.59 Å². The lowest BCUT2D eigenvalue weighted by Gasteiger charge is -2.44.